The second kappa shape index (κ2) is 9.88. The Hall–Kier alpha value is -2.64. The summed E-state index contributed by atoms with van der Waals surface area (Å²) < 4.78 is 1.65. The SMILES string of the molecule is CCC[C@@H](C)Nc1nc(N)nc2ccn(Cc3ccc(CN4CCCC4)cc3Cl)c(=O)c12. The molecular weight excluding hydrogens is 424 g/mol. The molecule has 1 aliphatic rings. The molecule has 1 saturated heterocycles. The van der Waals surface area contributed by atoms with Crippen LogP contribution < -0.4 is 16.6 Å². The first-order valence-corrected chi connectivity index (χ1v) is 11.7. The van der Waals surface area contributed by atoms with Gasteiger partial charge in [0.25, 0.3) is 5.56 Å². The summed E-state index contributed by atoms with van der Waals surface area (Å²) in [7, 11) is 0. The molecule has 0 saturated carbocycles. The highest BCUT2D eigenvalue weighted by molar-refractivity contribution is 6.31. The Morgan fingerprint density at radius 3 is 2.69 bits per heavy atom. The van der Waals surface area contributed by atoms with Gasteiger partial charge in [0.1, 0.15) is 11.2 Å². The van der Waals surface area contributed by atoms with Crippen molar-refractivity contribution in [1.29, 1.82) is 0 Å². The Morgan fingerprint density at radius 1 is 1.19 bits per heavy atom. The number of hydrogen-bond donors (Lipinski definition) is 2. The van der Waals surface area contributed by atoms with E-state index in [0.717, 1.165) is 38.0 Å². The molecule has 1 fully saturated rings. The third-order valence-corrected chi connectivity index (χ3v) is 6.36. The zero-order chi connectivity index (χ0) is 22.7. The lowest BCUT2D eigenvalue weighted by atomic mass is 10.1. The van der Waals surface area contributed by atoms with E-state index in [4.69, 9.17) is 17.3 Å². The lowest BCUT2D eigenvalue weighted by molar-refractivity contribution is 0.331. The molecule has 0 amide bonds. The summed E-state index contributed by atoms with van der Waals surface area (Å²) in [6.07, 6.45) is 6.26. The van der Waals surface area contributed by atoms with Gasteiger partial charge in [-0.2, -0.15) is 4.98 Å². The number of anilines is 2. The Kier molecular flexibility index (Phi) is 6.96. The fourth-order valence-electron chi connectivity index (χ4n) is 4.37. The van der Waals surface area contributed by atoms with Crippen molar-refractivity contribution in [1.82, 2.24) is 19.4 Å². The van der Waals surface area contributed by atoms with Gasteiger partial charge in [0.05, 0.1) is 12.1 Å². The number of fused-ring (bicyclic) bond motifs is 1. The standard InChI is InChI=1S/C24H31ClN6O/c1-3-6-16(2)27-22-21-20(28-24(26)29-22)9-12-31(23(21)32)15-18-8-7-17(13-19(18)25)14-30-10-4-5-11-30/h7-9,12-13,16H,3-6,10-11,14-15H2,1-2H3,(H3,26,27,28,29)/t16-/m1/s1. The van der Waals surface area contributed by atoms with E-state index in [1.807, 2.05) is 12.1 Å². The van der Waals surface area contributed by atoms with Gasteiger partial charge in [-0.15, -0.1) is 0 Å². The van der Waals surface area contributed by atoms with E-state index in [0.29, 0.717) is 28.3 Å². The van der Waals surface area contributed by atoms with Crippen molar-refractivity contribution in [2.24, 2.45) is 0 Å². The van der Waals surface area contributed by atoms with E-state index < -0.39 is 0 Å². The van der Waals surface area contributed by atoms with Gasteiger partial charge in [-0.25, -0.2) is 4.98 Å². The van der Waals surface area contributed by atoms with Crippen LogP contribution in [0.2, 0.25) is 5.02 Å². The first kappa shape index (κ1) is 22.6. The summed E-state index contributed by atoms with van der Waals surface area (Å²) in [6.45, 7) is 7.78. The van der Waals surface area contributed by atoms with Gasteiger partial charge < -0.3 is 15.6 Å². The molecule has 1 aromatic carbocycles. The Balaban J connectivity index is 1.62. The normalized spacial score (nSPS) is 15.3. The molecule has 3 heterocycles. The summed E-state index contributed by atoms with van der Waals surface area (Å²) in [5, 5.41) is 4.46. The molecular formula is C24H31ClN6O. The predicted molar refractivity (Wildman–Crippen MR) is 131 cm³/mol. The third-order valence-electron chi connectivity index (χ3n) is 6.01. The van der Waals surface area contributed by atoms with Crippen molar-refractivity contribution in [2.75, 3.05) is 24.1 Å². The maximum Gasteiger partial charge on any atom is 0.264 e. The number of aromatic nitrogens is 3. The average molecular weight is 455 g/mol. The third kappa shape index (κ3) is 5.05. The quantitative estimate of drug-likeness (QED) is 0.528. The van der Waals surface area contributed by atoms with Gasteiger partial charge in [0.15, 0.2) is 0 Å². The van der Waals surface area contributed by atoms with E-state index in [2.05, 4.69) is 40.1 Å². The number of pyridine rings is 1. The minimum Gasteiger partial charge on any atom is -0.368 e. The highest BCUT2D eigenvalue weighted by Crippen LogP contribution is 2.23. The highest BCUT2D eigenvalue weighted by atomic mass is 35.5. The zero-order valence-corrected chi connectivity index (χ0v) is 19.5. The van der Waals surface area contributed by atoms with Crippen LogP contribution in [0.5, 0.6) is 0 Å². The average Bonchev–Trinajstić information content (AvgIpc) is 3.24. The number of nitrogen functional groups attached to an aromatic ring is 1. The fraction of sp³-hybridized carbons (Fsp3) is 0.458. The molecule has 0 aliphatic carbocycles. The van der Waals surface area contributed by atoms with E-state index in [-0.39, 0.29) is 17.5 Å². The number of hydrogen-bond acceptors (Lipinski definition) is 6. The number of likely N-dealkylation sites (tertiary alicyclic amines) is 1. The summed E-state index contributed by atoms with van der Waals surface area (Å²) in [5.74, 6) is 0.636. The molecule has 170 valence electrons. The van der Waals surface area contributed by atoms with Crippen LogP contribution in [0.25, 0.3) is 10.9 Å². The largest absolute Gasteiger partial charge is 0.368 e. The molecule has 3 N–H and O–H groups in total. The van der Waals surface area contributed by atoms with Gasteiger partial charge in [0.2, 0.25) is 5.95 Å². The Morgan fingerprint density at radius 2 is 1.97 bits per heavy atom. The number of halogens is 1. The smallest absolute Gasteiger partial charge is 0.264 e. The zero-order valence-electron chi connectivity index (χ0n) is 18.8. The van der Waals surface area contributed by atoms with E-state index in [9.17, 15) is 4.79 Å². The molecule has 0 radical (unpaired) electrons. The Bertz CT molecular complexity index is 1160. The molecule has 8 heteroatoms. The second-order valence-electron chi connectivity index (χ2n) is 8.68. The van der Waals surface area contributed by atoms with Crippen molar-refractivity contribution in [3.8, 4) is 0 Å². The lowest BCUT2D eigenvalue weighted by Gasteiger charge is -2.17. The maximum atomic E-state index is 13.4. The second-order valence-corrected chi connectivity index (χ2v) is 9.09. The van der Waals surface area contributed by atoms with Crippen LogP contribution in [0.1, 0.15) is 50.7 Å². The molecule has 4 rings (SSSR count). The van der Waals surface area contributed by atoms with Crippen LogP contribution in [-0.4, -0.2) is 38.6 Å². The van der Waals surface area contributed by atoms with Crippen LogP contribution in [-0.2, 0) is 13.1 Å². The Labute approximate surface area is 193 Å². The molecule has 1 atom stereocenters. The highest BCUT2D eigenvalue weighted by Gasteiger charge is 2.16. The molecule has 32 heavy (non-hydrogen) atoms. The molecule has 0 unspecified atom stereocenters. The summed E-state index contributed by atoms with van der Waals surface area (Å²) in [6, 6.07) is 8.12. The molecule has 7 nitrogen and oxygen atoms in total. The van der Waals surface area contributed by atoms with Crippen molar-refractivity contribution in [3.05, 3.63) is 57.0 Å². The van der Waals surface area contributed by atoms with Crippen molar-refractivity contribution in [3.63, 3.8) is 0 Å². The van der Waals surface area contributed by atoms with Gasteiger partial charge in [0, 0.05) is 23.8 Å². The lowest BCUT2D eigenvalue weighted by Crippen LogP contribution is -2.24. The minimum absolute atomic E-state index is 0.150. The first-order valence-electron chi connectivity index (χ1n) is 11.4. The van der Waals surface area contributed by atoms with Crippen LogP contribution in [0.15, 0.2) is 35.3 Å². The number of nitrogens with one attached hydrogen (secondary N) is 1. The van der Waals surface area contributed by atoms with Crippen molar-refractivity contribution < 1.29 is 0 Å². The molecule has 3 aromatic rings. The summed E-state index contributed by atoms with van der Waals surface area (Å²) in [5.41, 5.74) is 8.37. The summed E-state index contributed by atoms with van der Waals surface area (Å²) >= 11 is 6.60. The van der Waals surface area contributed by atoms with Crippen LogP contribution in [0.4, 0.5) is 11.8 Å². The van der Waals surface area contributed by atoms with Gasteiger partial charge in [-0.05, 0) is 62.5 Å². The van der Waals surface area contributed by atoms with E-state index >= 15 is 0 Å². The van der Waals surface area contributed by atoms with Crippen molar-refractivity contribution >= 4 is 34.3 Å². The van der Waals surface area contributed by atoms with E-state index in [1.54, 1.807) is 16.8 Å². The number of nitrogens with two attached hydrogens (primary N) is 1. The molecule has 0 spiro atoms. The first-order chi connectivity index (χ1) is 15.4. The number of benzene rings is 1. The molecule has 1 aliphatic heterocycles. The minimum atomic E-state index is -0.161. The van der Waals surface area contributed by atoms with Gasteiger partial charge in [-0.3, -0.25) is 9.69 Å². The number of rotatable bonds is 8. The van der Waals surface area contributed by atoms with Crippen LogP contribution in [0.3, 0.4) is 0 Å². The van der Waals surface area contributed by atoms with Gasteiger partial charge in [-0.1, -0.05) is 37.1 Å². The predicted octanol–water partition coefficient (Wildman–Crippen LogP) is 4.27. The topological polar surface area (TPSA) is 89.1 Å². The monoisotopic (exact) mass is 454 g/mol. The number of nitrogens with zero attached hydrogens (tertiary/aromatic N) is 4. The fourth-order valence-corrected chi connectivity index (χ4v) is 4.63. The summed E-state index contributed by atoms with van der Waals surface area (Å²) in [4.78, 5) is 24.4. The molecule has 0 bridgehead atoms. The van der Waals surface area contributed by atoms with Crippen LogP contribution >= 0.6 is 11.6 Å². The maximum absolute atomic E-state index is 13.4. The van der Waals surface area contributed by atoms with Crippen LogP contribution in [0, 0.1) is 0 Å². The van der Waals surface area contributed by atoms with E-state index in [1.165, 1.54) is 18.4 Å². The van der Waals surface area contributed by atoms with Crippen molar-refractivity contribution in [2.45, 2.75) is 58.7 Å². The molecule has 2 aromatic heterocycles. The van der Waals surface area contributed by atoms with Gasteiger partial charge >= 0.3 is 0 Å².